The normalized spacial score (nSPS) is 11.7. The van der Waals surface area contributed by atoms with Crippen molar-refractivity contribution < 1.29 is 22.4 Å². The minimum absolute atomic E-state index is 0.0371. The minimum Gasteiger partial charge on any atom is -0.459 e. The number of benzene rings is 3. The van der Waals surface area contributed by atoms with E-state index in [1.54, 1.807) is 49.4 Å². The van der Waals surface area contributed by atoms with Crippen molar-refractivity contribution in [3.63, 3.8) is 0 Å². The fraction of sp³-hybridized carbons (Fsp3) is 0.107. The predicted octanol–water partition coefficient (Wildman–Crippen LogP) is 6.68. The Bertz CT molecular complexity index is 1760. The molecule has 4 aromatic rings. The number of rotatable bonds is 9. The molecule has 0 unspecified atom stereocenters. The van der Waals surface area contributed by atoms with Gasteiger partial charge in [-0.25, -0.2) is 13.8 Å². The van der Waals surface area contributed by atoms with Crippen molar-refractivity contribution in [1.29, 1.82) is 0 Å². The second-order valence-electron chi connectivity index (χ2n) is 8.89. The van der Waals surface area contributed by atoms with Crippen LogP contribution in [0, 0.1) is 6.92 Å². The monoisotopic (exact) mass is 666 g/mol. The van der Waals surface area contributed by atoms with Crippen molar-refractivity contribution in [3.05, 3.63) is 116 Å². The van der Waals surface area contributed by atoms with Crippen LogP contribution in [0.3, 0.4) is 0 Å². The van der Waals surface area contributed by atoms with Gasteiger partial charge >= 0.3 is 11.8 Å². The average Bonchev–Trinajstić information content (AvgIpc) is 3.39. The summed E-state index contributed by atoms with van der Waals surface area (Å²) >= 11 is 24.0. The summed E-state index contributed by atoms with van der Waals surface area (Å²) in [6.45, 7) is 1.55. The van der Waals surface area contributed by atoms with Crippen molar-refractivity contribution in [2.24, 2.45) is 5.10 Å². The number of hydrazone groups is 1. The molecule has 1 heterocycles. The molecule has 2 N–H and O–H groups in total. The third-order valence-corrected chi connectivity index (χ3v) is 8.84. The second-order valence-corrected chi connectivity index (χ2v) is 12.5. The summed E-state index contributed by atoms with van der Waals surface area (Å²) in [5, 5.41) is 7.74. The molecule has 0 aliphatic heterocycles. The van der Waals surface area contributed by atoms with Crippen LogP contribution in [-0.2, 0) is 32.7 Å². The van der Waals surface area contributed by atoms with Crippen LogP contribution < -0.4 is 10.7 Å². The Morgan fingerprint density at radius 3 is 2.26 bits per heavy atom. The van der Waals surface area contributed by atoms with Crippen LogP contribution >= 0.6 is 46.4 Å². The van der Waals surface area contributed by atoms with Crippen molar-refractivity contribution in [2.75, 3.05) is 5.32 Å². The van der Waals surface area contributed by atoms with Gasteiger partial charge in [0.15, 0.2) is 0 Å². The molecule has 3 aromatic carbocycles. The Kier molecular flexibility index (Phi) is 10.3. The van der Waals surface area contributed by atoms with Gasteiger partial charge in [0, 0.05) is 22.3 Å². The number of nitrogens with one attached hydrogen (secondary N) is 2. The van der Waals surface area contributed by atoms with Crippen LogP contribution in [0.4, 0.5) is 5.69 Å². The summed E-state index contributed by atoms with van der Waals surface area (Å²) in [7, 11) is -4.00. The minimum atomic E-state index is -4.00. The maximum Gasteiger partial charge on any atom is 0.329 e. The van der Waals surface area contributed by atoms with Gasteiger partial charge in [-0.05, 0) is 84.8 Å². The van der Waals surface area contributed by atoms with Gasteiger partial charge in [0.25, 0.3) is 0 Å². The number of nitrogens with zero attached hydrogens (tertiary/aromatic N) is 2. The van der Waals surface area contributed by atoms with Crippen LogP contribution in [0.2, 0.25) is 20.1 Å². The van der Waals surface area contributed by atoms with E-state index >= 15 is 0 Å². The zero-order chi connectivity index (χ0) is 30.4. The number of anilines is 1. The molecule has 0 saturated carbocycles. The lowest BCUT2D eigenvalue weighted by Crippen LogP contribution is -2.32. The number of carbonyl (C=O) groups is 2. The molecule has 0 fully saturated rings. The first-order valence-corrected chi connectivity index (χ1v) is 15.1. The lowest BCUT2D eigenvalue weighted by molar-refractivity contribution is -0.136. The van der Waals surface area contributed by atoms with Gasteiger partial charge in [-0.1, -0.05) is 52.5 Å². The molecule has 2 amide bonds. The molecule has 0 saturated heterocycles. The first-order chi connectivity index (χ1) is 19.9. The molecule has 0 aliphatic carbocycles. The third kappa shape index (κ3) is 8.13. The van der Waals surface area contributed by atoms with Gasteiger partial charge in [-0.3, -0.25) is 9.59 Å². The topological polar surface area (TPSA) is 121 Å². The summed E-state index contributed by atoms with van der Waals surface area (Å²) < 4.78 is 34.0. The summed E-state index contributed by atoms with van der Waals surface area (Å²) in [4.78, 5) is 24.4. The maximum absolute atomic E-state index is 13.6. The zero-order valence-electron chi connectivity index (χ0n) is 21.8. The van der Waals surface area contributed by atoms with Crippen LogP contribution in [0.15, 0.2) is 87.2 Å². The number of halogens is 4. The molecule has 0 atom stereocenters. The van der Waals surface area contributed by atoms with Crippen LogP contribution in [0.1, 0.15) is 22.6 Å². The van der Waals surface area contributed by atoms with Crippen molar-refractivity contribution in [1.82, 2.24) is 9.73 Å². The lowest BCUT2D eigenvalue weighted by atomic mass is 10.2. The van der Waals surface area contributed by atoms with E-state index in [1.807, 2.05) is 0 Å². The summed E-state index contributed by atoms with van der Waals surface area (Å²) in [6.07, 6.45) is 1.18. The Morgan fingerprint density at radius 1 is 0.857 bits per heavy atom. The molecular weight excluding hydrogens is 646 g/mol. The molecule has 0 spiro atoms. The summed E-state index contributed by atoms with van der Waals surface area (Å²) in [5.74, 6) is -1.44. The number of aryl methyl sites for hydroxylation is 1. The molecule has 0 bridgehead atoms. The van der Waals surface area contributed by atoms with Crippen LogP contribution in [0.5, 0.6) is 0 Å². The molecule has 0 aliphatic rings. The van der Waals surface area contributed by atoms with Crippen LogP contribution in [0.25, 0.3) is 0 Å². The fourth-order valence-electron chi connectivity index (χ4n) is 3.70. The molecule has 1 aromatic heterocycles. The van der Waals surface area contributed by atoms with Crippen molar-refractivity contribution in [3.8, 4) is 0 Å². The fourth-order valence-corrected chi connectivity index (χ4v) is 5.77. The van der Waals surface area contributed by atoms with E-state index in [-0.39, 0.29) is 34.5 Å². The van der Waals surface area contributed by atoms with Crippen molar-refractivity contribution in [2.45, 2.75) is 24.9 Å². The first-order valence-electron chi connectivity index (χ1n) is 12.1. The van der Waals surface area contributed by atoms with Gasteiger partial charge in [-0.15, -0.1) is 0 Å². The highest BCUT2D eigenvalue weighted by atomic mass is 35.5. The Labute approximate surface area is 262 Å². The number of carbonyl (C=O) groups excluding carboxylic acids is 2. The maximum atomic E-state index is 13.6. The lowest BCUT2D eigenvalue weighted by Gasteiger charge is -2.22. The summed E-state index contributed by atoms with van der Waals surface area (Å²) in [5.41, 5.74) is 3.83. The number of hydrogen-bond donors (Lipinski definition) is 2. The standard InChI is InChI=1S/C28H22Cl4N4O5S/c1-17-12-20(30)5-11-26(17)34-27(37)28(38)35-33-14-21-6-7-22(41-21)16-36(15-18-2-10-24(31)25(32)13-18)42(39,40)23-8-3-19(29)4-9-23/h2-14H,15-16H2,1H3,(H,34,37)(H,35,38)/b33-14+. The third-order valence-electron chi connectivity index (χ3n) is 5.81. The van der Waals surface area contributed by atoms with Gasteiger partial charge in [-0.2, -0.15) is 9.41 Å². The highest BCUT2D eigenvalue weighted by molar-refractivity contribution is 7.89. The Hall–Kier alpha value is -3.38. The van der Waals surface area contributed by atoms with Crippen LogP contribution in [-0.4, -0.2) is 30.8 Å². The van der Waals surface area contributed by atoms with Gasteiger partial charge in [0.2, 0.25) is 10.0 Å². The van der Waals surface area contributed by atoms with E-state index in [9.17, 15) is 18.0 Å². The molecule has 9 nitrogen and oxygen atoms in total. The van der Waals surface area contributed by atoms with E-state index in [1.165, 1.54) is 40.9 Å². The quantitative estimate of drug-likeness (QED) is 0.117. The van der Waals surface area contributed by atoms with E-state index in [2.05, 4.69) is 15.8 Å². The Balaban J connectivity index is 1.46. The molecule has 14 heteroatoms. The van der Waals surface area contributed by atoms with E-state index in [0.29, 0.717) is 31.9 Å². The Morgan fingerprint density at radius 2 is 1.57 bits per heavy atom. The van der Waals surface area contributed by atoms with E-state index < -0.39 is 21.8 Å². The number of sulfonamides is 1. The van der Waals surface area contributed by atoms with E-state index in [4.69, 9.17) is 50.8 Å². The number of hydrogen-bond acceptors (Lipinski definition) is 6. The predicted molar refractivity (Wildman–Crippen MR) is 164 cm³/mol. The zero-order valence-corrected chi connectivity index (χ0v) is 25.6. The van der Waals surface area contributed by atoms with E-state index in [0.717, 1.165) is 0 Å². The molecule has 4 rings (SSSR count). The molecule has 218 valence electrons. The molecule has 42 heavy (non-hydrogen) atoms. The van der Waals surface area contributed by atoms with Gasteiger partial charge in [0.1, 0.15) is 11.5 Å². The SMILES string of the molecule is Cc1cc(Cl)ccc1NC(=O)C(=O)N/N=C/c1ccc(CN(Cc2ccc(Cl)c(Cl)c2)S(=O)(=O)c2ccc(Cl)cc2)o1. The summed E-state index contributed by atoms with van der Waals surface area (Å²) in [6, 6.07) is 18.5. The van der Waals surface area contributed by atoms with Crippen molar-refractivity contribution >= 4 is 80.1 Å². The highest BCUT2D eigenvalue weighted by Gasteiger charge is 2.26. The first kappa shape index (κ1) is 31.6. The average molecular weight is 668 g/mol. The molecular formula is C28H22Cl4N4O5S. The smallest absolute Gasteiger partial charge is 0.329 e. The molecule has 0 radical (unpaired) electrons. The largest absolute Gasteiger partial charge is 0.459 e. The number of furan rings is 1. The highest BCUT2D eigenvalue weighted by Crippen LogP contribution is 2.27. The van der Waals surface area contributed by atoms with Gasteiger partial charge < -0.3 is 9.73 Å². The van der Waals surface area contributed by atoms with Gasteiger partial charge in [0.05, 0.1) is 27.7 Å². The number of amides is 2. The second kappa shape index (κ2) is 13.7.